The lowest BCUT2D eigenvalue weighted by molar-refractivity contribution is 0.229. The van der Waals surface area contributed by atoms with Crippen molar-refractivity contribution in [3.8, 4) is 0 Å². The number of aryl methyl sites for hydroxylation is 2. The van der Waals surface area contributed by atoms with Gasteiger partial charge in [0.1, 0.15) is 0 Å². The summed E-state index contributed by atoms with van der Waals surface area (Å²) in [6, 6.07) is 0. The molecule has 1 heterocycles. The van der Waals surface area contributed by atoms with Crippen LogP contribution in [0.4, 0.5) is 0 Å². The molecule has 0 radical (unpaired) electrons. The highest BCUT2D eigenvalue weighted by Gasteiger charge is 2.27. The highest BCUT2D eigenvalue weighted by Crippen LogP contribution is 2.34. The lowest BCUT2D eigenvalue weighted by atomic mass is 9.77. The van der Waals surface area contributed by atoms with Crippen molar-refractivity contribution < 1.29 is 0 Å². The molecule has 0 aromatic carbocycles. The summed E-state index contributed by atoms with van der Waals surface area (Å²) in [5, 5.41) is 7.98. The normalized spacial score (nSPS) is 23.8. The quantitative estimate of drug-likeness (QED) is 0.899. The van der Waals surface area contributed by atoms with Crippen LogP contribution in [0, 0.1) is 11.8 Å². The molecule has 1 aliphatic carbocycles. The Morgan fingerprint density at radius 3 is 2.58 bits per heavy atom. The Kier molecular flexibility index (Phi) is 5.46. The van der Waals surface area contributed by atoms with E-state index < -0.39 is 0 Å². The largest absolute Gasteiger partial charge is 0.319 e. The summed E-state index contributed by atoms with van der Waals surface area (Å²) in [5.74, 6) is 1.63. The summed E-state index contributed by atoms with van der Waals surface area (Å²) in [7, 11) is 4.15. The van der Waals surface area contributed by atoms with Crippen LogP contribution >= 0.6 is 15.9 Å². The van der Waals surface area contributed by atoms with E-state index in [1.54, 1.807) is 0 Å². The Morgan fingerprint density at radius 2 is 2.00 bits per heavy atom. The fraction of sp³-hybridized carbons (Fsp3) is 0.800. The third-order valence-corrected chi connectivity index (χ3v) is 5.41. The Morgan fingerprint density at radius 1 is 1.32 bits per heavy atom. The number of hydrogen-bond acceptors (Lipinski definition) is 2. The van der Waals surface area contributed by atoms with Gasteiger partial charge < -0.3 is 5.32 Å². The van der Waals surface area contributed by atoms with Crippen LogP contribution in [0.5, 0.6) is 0 Å². The Bertz CT molecular complexity index is 412. The van der Waals surface area contributed by atoms with Crippen LogP contribution in [-0.2, 0) is 19.9 Å². The fourth-order valence-corrected chi connectivity index (χ4v) is 4.15. The first-order valence-electron chi connectivity index (χ1n) is 7.52. The summed E-state index contributed by atoms with van der Waals surface area (Å²) in [6.07, 6.45) is 7.69. The van der Waals surface area contributed by atoms with Gasteiger partial charge in [0.05, 0.1) is 15.9 Å². The SMILES string of the molecule is CCc1nn(C)c(CC2CCCCC2CNC)c1Br. The van der Waals surface area contributed by atoms with Gasteiger partial charge in [-0.3, -0.25) is 4.68 Å². The zero-order valence-electron chi connectivity index (χ0n) is 12.4. The molecule has 1 N–H and O–H groups in total. The molecule has 0 bridgehead atoms. The number of nitrogens with zero attached hydrogens (tertiary/aromatic N) is 2. The van der Waals surface area contributed by atoms with Crippen molar-refractivity contribution in [1.82, 2.24) is 15.1 Å². The van der Waals surface area contributed by atoms with Gasteiger partial charge in [-0.25, -0.2) is 0 Å². The first-order chi connectivity index (χ1) is 9.17. The maximum Gasteiger partial charge on any atom is 0.0766 e. The minimum Gasteiger partial charge on any atom is -0.319 e. The van der Waals surface area contributed by atoms with E-state index >= 15 is 0 Å². The monoisotopic (exact) mass is 327 g/mol. The van der Waals surface area contributed by atoms with Gasteiger partial charge in [0, 0.05) is 7.05 Å². The lowest BCUT2D eigenvalue weighted by Gasteiger charge is -2.31. The molecule has 1 aromatic rings. The van der Waals surface area contributed by atoms with Crippen molar-refractivity contribution in [3.05, 3.63) is 15.9 Å². The molecule has 19 heavy (non-hydrogen) atoms. The molecule has 1 saturated carbocycles. The molecule has 0 amide bonds. The summed E-state index contributed by atoms with van der Waals surface area (Å²) < 4.78 is 3.32. The van der Waals surface area contributed by atoms with Crippen LogP contribution in [0.15, 0.2) is 4.47 Å². The molecule has 0 saturated heterocycles. The molecular formula is C15H26BrN3. The van der Waals surface area contributed by atoms with Crippen LogP contribution in [-0.4, -0.2) is 23.4 Å². The standard InChI is InChI=1S/C15H26BrN3/c1-4-13-15(16)14(19(3)18-13)9-11-7-5-6-8-12(11)10-17-2/h11-12,17H,4-10H2,1-3H3. The molecule has 0 spiro atoms. The van der Waals surface area contributed by atoms with Crippen molar-refractivity contribution in [2.75, 3.05) is 13.6 Å². The minimum absolute atomic E-state index is 0.803. The maximum absolute atomic E-state index is 4.62. The highest BCUT2D eigenvalue weighted by molar-refractivity contribution is 9.10. The van der Waals surface area contributed by atoms with Gasteiger partial charge in [0.2, 0.25) is 0 Å². The molecule has 1 aromatic heterocycles. The summed E-state index contributed by atoms with van der Waals surface area (Å²) in [4.78, 5) is 0. The molecule has 2 rings (SSSR count). The van der Waals surface area contributed by atoms with Crippen molar-refractivity contribution in [3.63, 3.8) is 0 Å². The average molecular weight is 328 g/mol. The Labute approximate surface area is 125 Å². The Balaban J connectivity index is 2.12. The molecule has 2 unspecified atom stereocenters. The van der Waals surface area contributed by atoms with Crippen LogP contribution in [0.25, 0.3) is 0 Å². The van der Waals surface area contributed by atoms with Crippen LogP contribution < -0.4 is 5.32 Å². The van der Waals surface area contributed by atoms with Gasteiger partial charge in [-0.2, -0.15) is 5.10 Å². The second-order valence-corrected chi connectivity index (χ2v) is 6.54. The first kappa shape index (κ1) is 15.0. The molecule has 2 atom stereocenters. The van der Waals surface area contributed by atoms with Crippen molar-refractivity contribution in [2.24, 2.45) is 18.9 Å². The zero-order chi connectivity index (χ0) is 13.8. The van der Waals surface area contributed by atoms with E-state index in [0.717, 1.165) is 31.2 Å². The summed E-state index contributed by atoms with van der Waals surface area (Å²) in [5.41, 5.74) is 2.57. The van der Waals surface area contributed by atoms with E-state index in [0.29, 0.717) is 0 Å². The highest BCUT2D eigenvalue weighted by atomic mass is 79.9. The van der Waals surface area contributed by atoms with Crippen molar-refractivity contribution in [1.29, 1.82) is 0 Å². The van der Waals surface area contributed by atoms with E-state index in [2.05, 4.69) is 52.0 Å². The number of nitrogens with one attached hydrogen (secondary N) is 1. The van der Waals surface area contributed by atoms with Crippen LogP contribution in [0.3, 0.4) is 0 Å². The molecule has 1 aliphatic rings. The van der Waals surface area contributed by atoms with Crippen LogP contribution in [0.1, 0.15) is 44.0 Å². The van der Waals surface area contributed by atoms with Crippen molar-refractivity contribution in [2.45, 2.75) is 45.4 Å². The molecule has 108 valence electrons. The lowest BCUT2D eigenvalue weighted by Crippen LogP contribution is -2.30. The first-order valence-corrected chi connectivity index (χ1v) is 8.31. The fourth-order valence-electron chi connectivity index (χ4n) is 3.37. The van der Waals surface area contributed by atoms with Gasteiger partial charge in [-0.1, -0.05) is 19.8 Å². The average Bonchev–Trinajstić information content (AvgIpc) is 2.68. The van der Waals surface area contributed by atoms with Gasteiger partial charge in [-0.15, -0.1) is 0 Å². The molecule has 3 nitrogen and oxygen atoms in total. The van der Waals surface area contributed by atoms with E-state index in [4.69, 9.17) is 0 Å². The van der Waals surface area contributed by atoms with Gasteiger partial charge >= 0.3 is 0 Å². The maximum atomic E-state index is 4.62. The minimum atomic E-state index is 0.803. The molecule has 0 aliphatic heterocycles. The van der Waals surface area contributed by atoms with Gasteiger partial charge in [0.15, 0.2) is 0 Å². The number of hydrogen-bond donors (Lipinski definition) is 1. The van der Waals surface area contributed by atoms with E-state index in [1.807, 2.05) is 0 Å². The van der Waals surface area contributed by atoms with Gasteiger partial charge in [-0.05, 0) is 67.0 Å². The molecular weight excluding hydrogens is 302 g/mol. The van der Waals surface area contributed by atoms with E-state index in [9.17, 15) is 0 Å². The smallest absolute Gasteiger partial charge is 0.0766 e. The third-order valence-electron chi connectivity index (χ3n) is 4.49. The van der Waals surface area contributed by atoms with Crippen LogP contribution in [0.2, 0.25) is 0 Å². The topological polar surface area (TPSA) is 29.9 Å². The number of aromatic nitrogens is 2. The number of halogens is 1. The number of rotatable bonds is 5. The zero-order valence-corrected chi connectivity index (χ0v) is 14.0. The summed E-state index contributed by atoms with van der Waals surface area (Å²) >= 11 is 3.75. The molecule has 4 heteroatoms. The molecule has 1 fully saturated rings. The Hall–Kier alpha value is -0.350. The summed E-state index contributed by atoms with van der Waals surface area (Å²) in [6.45, 7) is 3.32. The third kappa shape index (κ3) is 3.40. The van der Waals surface area contributed by atoms with E-state index in [-0.39, 0.29) is 0 Å². The van der Waals surface area contributed by atoms with Gasteiger partial charge in [0.25, 0.3) is 0 Å². The second kappa shape index (κ2) is 6.89. The van der Waals surface area contributed by atoms with Crippen molar-refractivity contribution >= 4 is 15.9 Å². The predicted octanol–water partition coefficient (Wildman–Crippen LogP) is 3.31. The predicted molar refractivity (Wildman–Crippen MR) is 83.4 cm³/mol. The second-order valence-electron chi connectivity index (χ2n) is 5.75. The van der Waals surface area contributed by atoms with E-state index in [1.165, 1.54) is 41.5 Å².